The van der Waals surface area contributed by atoms with Gasteiger partial charge in [0.1, 0.15) is 0 Å². The maximum Gasteiger partial charge on any atom is 0.261 e. The number of anilines is 1. The molecule has 34 heavy (non-hydrogen) atoms. The molecule has 0 unspecified atom stereocenters. The van der Waals surface area contributed by atoms with Gasteiger partial charge in [0.2, 0.25) is 5.91 Å². The summed E-state index contributed by atoms with van der Waals surface area (Å²) >= 11 is 0. The summed E-state index contributed by atoms with van der Waals surface area (Å²) in [7, 11) is 0. The fourth-order valence-corrected chi connectivity index (χ4v) is 4.67. The van der Waals surface area contributed by atoms with E-state index in [-0.39, 0.29) is 24.3 Å². The molecule has 2 aromatic rings. The molecule has 2 heterocycles. The van der Waals surface area contributed by atoms with Crippen LogP contribution in [0.4, 0.5) is 5.69 Å². The summed E-state index contributed by atoms with van der Waals surface area (Å²) in [6.07, 6.45) is 2.79. The van der Waals surface area contributed by atoms with E-state index >= 15 is 0 Å². The molecular formula is C27H34N4O3. The first-order valence-corrected chi connectivity index (χ1v) is 12.3. The zero-order chi connectivity index (χ0) is 23.9. The number of unbranched alkanes of at least 4 members (excludes halogenated alkanes) is 1. The SMILES string of the molecule is Cc1cccc(N2CCN(CCCCNC(=O)CCCN3C(=O)c4ccccc4C3=O)CC2)c1. The third kappa shape index (κ3) is 5.83. The molecule has 180 valence electrons. The fourth-order valence-electron chi connectivity index (χ4n) is 4.67. The lowest BCUT2D eigenvalue weighted by atomic mass is 10.1. The predicted octanol–water partition coefficient (Wildman–Crippen LogP) is 3.09. The first kappa shape index (κ1) is 24.0. The number of piperazine rings is 1. The Morgan fingerprint density at radius 3 is 2.24 bits per heavy atom. The van der Waals surface area contributed by atoms with Crippen molar-refractivity contribution >= 4 is 23.4 Å². The third-order valence-corrected chi connectivity index (χ3v) is 6.63. The van der Waals surface area contributed by atoms with Crippen molar-refractivity contribution in [2.45, 2.75) is 32.6 Å². The monoisotopic (exact) mass is 462 g/mol. The number of carbonyl (C=O) groups is 3. The lowest BCUT2D eigenvalue weighted by Crippen LogP contribution is -2.46. The van der Waals surface area contributed by atoms with Gasteiger partial charge in [0.05, 0.1) is 11.1 Å². The quantitative estimate of drug-likeness (QED) is 0.434. The molecule has 0 saturated carbocycles. The minimum Gasteiger partial charge on any atom is -0.369 e. The number of nitrogens with zero attached hydrogens (tertiary/aromatic N) is 3. The van der Waals surface area contributed by atoms with E-state index in [9.17, 15) is 14.4 Å². The number of hydrogen-bond donors (Lipinski definition) is 1. The average Bonchev–Trinajstić information content (AvgIpc) is 3.09. The lowest BCUT2D eigenvalue weighted by Gasteiger charge is -2.36. The van der Waals surface area contributed by atoms with Crippen LogP contribution in [0.2, 0.25) is 0 Å². The molecule has 1 saturated heterocycles. The number of aryl methyl sites for hydroxylation is 1. The molecule has 1 fully saturated rings. The van der Waals surface area contributed by atoms with Crippen LogP contribution < -0.4 is 10.2 Å². The van der Waals surface area contributed by atoms with Crippen molar-refractivity contribution in [2.75, 3.05) is 50.7 Å². The van der Waals surface area contributed by atoms with Gasteiger partial charge in [0.25, 0.3) is 11.8 Å². The van der Waals surface area contributed by atoms with Crippen molar-refractivity contribution in [3.05, 3.63) is 65.2 Å². The number of nitrogens with one attached hydrogen (secondary N) is 1. The number of rotatable bonds is 10. The van der Waals surface area contributed by atoms with E-state index in [1.807, 2.05) is 0 Å². The van der Waals surface area contributed by atoms with Crippen LogP contribution in [-0.4, -0.2) is 73.3 Å². The van der Waals surface area contributed by atoms with Crippen molar-refractivity contribution in [3.8, 4) is 0 Å². The number of imide groups is 1. The summed E-state index contributed by atoms with van der Waals surface area (Å²) < 4.78 is 0. The molecule has 4 rings (SSSR count). The normalized spacial score (nSPS) is 16.1. The largest absolute Gasteiger partial charge is 0.369 e. The molecular weight excluding hydrogens is 428 g/mol. The number of benzene rings is 2. The van der Waals surface area contributed by atoms with Crippen LogP contribution in [0.3, 0.4) is 0 Å². The average molecular weight is 463 g/mol. The van der Waals surface area contributed by atoms with E-state index in [2.05, 4.69) is 46.3 Å². The summed E-state index contributed by atoms with van der Waals surface area (Å²) in [5.74, 6) is -0.551. The van der Waals surface area contributed by atoms with Gasteiger partial charge in [-0.05, 0) is 62.6 Å². The van der Waals surface area contributed by atoms with E-state index < -0.39 is 0 Å². The number of fused-ring (bicyclic) bond motifs is 1. The smallest absolute Gasteiger partial charge is 0.261 e. The van der Waals surface area contributed by atoms with Crippen molar-refractivity contribution in [1.29, 1.82) is 0 Å². The first-order chi connectivity index (χ1) is 16.5. The second kappa shape index (κ2) is 11.3. The Bertz CT molecular complexity index is 995. The minimum absolute atomic E-state index is 0.0247. The van der Waals surface area contributed by atoms with E-state index in [4.69, 9.17) is 0 Å². The van der Waals surface area contributed by atoms with Crippen LogP contribution >= 0.6 is 0 Å². The molecule has 0 spiro atoms. The molecule has 7 nitrogen and oxygen atoms in total. The maximum absolute atomic E-state index is 12.4. The molecule has 1 N–H and O–H groups in total. The second-order valence-corrected chi connectivity index (χ2v) is 9.14. The van der Waals surface area contributed by atoms with Gasteiger partial charge in [-0.1, -0.05) is 24.3 Å². The van der Waals surface area contributed by atoms with Crippen LogP contribution in [0.25, 0.3) is 0 Å². The van der Waals surface area contributed by atoms with Crippen LogP contribution in [0.5, 0.6) is 0 Å². The fraction of sp³-hybridized carbons (Fsp3) is 0.444. The van der Waals surface area contributed by atoms with Gasteiger partial charge < -0.3 is 10.2 Å². The maximum atomic E-state index is 12.4. The van der Waals surface area contributed by atoms with Gasteiger partial charge in [0.15, 0.2) is 0 Å². The van der Waals surface area contributed by atoms with Gasteiger partial charge in [0, 0.05) is 51.4 Å². The standard InChI is InChI=1S/C27H34N4O3/c1-21-8-6-9-22(20-21)30-18-16-29(17-19-30)14-5-4-13-28-25(32)12-7-15-31-26(33)23-10-2-3-11-24(23)27(31)34/h2-3,6,8-11,20H,4-5,7,12-19H2,1H3,(H,28,32). The van der Waals surface area contributed by atoms with Gasteiger partial charge >= 0.3 is 0 Å². The Morgan fingerprint density at radius 1 is 0.853 bits per heavy atom. The number of hydrogen-bond acceptors (Lipinski definition) is 5. The summed E-state index contributed by atoms with van der Waals surface area (Å²) in [5, 5.41) is 2.97. The van der Waals surface area contributed by atoms with Crippen molar-refractivity contribution < 1.29 is 14.4 Å². The molecule has 0 bridgehead atoms. The first-order valence-electron chi connectivity index (χ1n) is 12.3. The Kier molecular flexibility index (Phi) is 7.95. The topological polar surface area (TPSA) is 73.0 Å². The third-order valence-electron chi connectivity index (χ3n) is 6.63. The van der Waals surface area contributed by atoms with E-state index in [1.165, 1.54) is 16.2 Å². The van der Waals surface area contributed by atoms with E-state index in [0.717, 1.165) is 45.6 Å². The number of amides is 3. The summed E-state index contributed by atoms with van der Waals surface area (Å²) in [5.41, 5.74) is 3.51. The summed E-state index contributed by atoms with van der Waals surface area (Å²) in [4.78, 5) is 43.1. The Hall–Kier alpha value is -3.19. The molecule has 7 heteroatoms. The van der Waals surface area contributed by atoms with Crippen molar-refractivity contribution in [2.24, 2.45) is 0 Å². The molecule has 0 atom stereocenters. The zero-order valence-electron chi connectivity index (χ0n) is 20.0. The van der Waals surface area contributed by atoms with Gasteiger partial charge in [-0.2, -0.15) is 0 Å². The predicted molar refractivity (Wildman–Crippen MR) is 133 cm³/mol. The molecule has 2 aliphatic rings. The zero-order valence-corrected chi connectivity index (χ0v) is 20.0. The highest BCUT2D eigenvalue weighted by Gasteiger charge is 2.34. The Balaban J connectivity index is 1.05. The van der Waals surface area contributed by atoms with Crippen molar-refractivity contribution in [1.82, 2.24) is 15.1 Å². The van der Waals surface area contributed by atoms with E-state index in [0.29, 0.717) is 30.5 Å². The Labute approximate surface area is 201 Å². The highest BCUT2D eigenvalue weighted by molar-refractivity contribution is 6.21. The molecule has 2 aromatic carbocycles. The van der Waals surface area contributed by atoms with Crippen LogP contribution in [0, 0.1) is 6.92 Å². The van der Waals surface area contributed by atoms with Gasteiger partial charge in [-0.3, -0.25) is 24.2 Å². The van der Waals surface area contributed by atoms with Crippen LogP contribution in [0.1, 0.15) is 52.0 Å². The second-order valence-electron chi connectivity index (χ2n) is 9.14. The summed E-state index contributed by atoms with van der Waals surface area (Å²) in [6.45, 7) is 8.35. The molecule has 3 amide bonds. The van der Waals surface area contributed by atoms with Crippen LogP contribution in [-0.2, 0) is 4.79 Å². The Morgan fingerprint density at radius 2 is 1.56 bits per heavy atom. The van der Waals surface area contributed by atoms with Gasteiger partial charge in [-0.25, -0.2) is 0 Å². The lowest BCUT2D eigenvalue weighted by molar-refractivity contribution is -0.121. The van der Waals surface area contributed by atoms with Crippen LogP contribution in [0.15, 0.2) is 48.5 Å². The summed E-state index contributed by atoms with van der Waals surface area (Å²) in [6, 6.07) is 15.5. The number of carbonyl (C=O) groups excluding carboxylic acids is 3. The molecule has 0 aromatic heterocycles. The van der Waals surface area contributed by atoms with E-state index in [1.54, 1.807) is 24.3 Å². The van der Waals surface area contributed by atoms with Crippen molar-refractivity contribution in [3.63, 3.8) is 0 Å². The molecule has 0 radical (unpaired) electrons. The molecule has 0 aliphatic carbocycles. The minimum atomic E-state index is -0.263. The highest BCUT2D eigenvalue weighted by Crippen LogP contribution is 2.22. The molecule has 2 aliphatic heterocycles. The van der Waals surface area contributed by atoms with Gasteiger partial charge in [-0.15, -0.1) is 0 Å². The highest BCUT2D eigenvalue weighted by atomic mass is 16.2.